The molecule has 1 aromatic heterocycles. The van der Waals surface area contributed by atoms with Crippen LogP contribution in [0.5, 0.6) is 5.75 Å². The number of aliphatic imine (C=N–C) groups is 1. The molecule has 2 N–H and O–H groups in total. The first-order valence-corrected chi connectivity index (χ1v) is 11.6. The van der Waals surface area contributed by atoms with E-state index >= 15 is 0 Å². The van der Waals surface area contributed by atoms with Gasteiger partial charge in [-0.3, -0.25) is 0 Å². The summed E-state index contributed by atoms with van der Waals surface area (Å²) < 4.78 is 13.5. The largest absolute Gasteiger partial charge is 0.493 e. The van der Waals surface area contributed by atoms with E-state index < -0.39 is 0 Å². The van der Waals surface area contributed by atoms with Crippen LogP contribution in [0.2, 0.25) is 0 Å². The van der Waals surface area contributed by atoms with Gasteiger partial charge in [0.15, 0.2) is 5.96 Å². The molecule has 0 radical (unpaired) electrons. The Balaban J connectivity index is 1.37. The van der Waals surface area contributed by atoms with Gasteiger partial charge in [-0.05, 0) is 55.7 Å². The van der Waals surface area contributed by atoms with E-state index in [2.05, 4.69) is 72.0 Å². The minimum Gasteiger partial charge on any atom is -0.493 e. The van der Waals surface area contributed by atoms with Crippen LogP contribution in [0.3, 0.4) is 0 Å². The standard InChI is InChI=1S/C26H33N5O2/c1-3-27-26(28-16-21-6-9-24(10-7-21)31-13-4-12-30-31)29-17-23-8-5-20(2)15-25(23)33-19-22-11-14-32-18-22/h4-10,12-13,15,22H,3,11,14,16-19H2,1-2H3,(H2,27,28,29). The van der Waals surface area contributed by atoms with Crippen LogP contribution in [-0.4, -0.2) is 42.1 Å². The smallest absolute Gasteiger partial charge is 0.191 e. The van der Waals surface area contributed by atoms with Crippen LogP contribution in [0.25, 0.3) is 5.69 Å². The topological polar surface area (TPSA) is 72.7 Å². The highest BCUT2D eigenvalue weighted by Gasteiger charge is 2.17. The molecule has 4 rings (SSSR count). The van der Waals surface area contributed by atoms with Crippen molar-refractivity contribution < 1.29 is 9.47 Å². The van der Waals surface area contributed by atoms with E-state index in [4.69, 9.17) is 14.5 Å². The monoisotopic (exact) mass is 447 g/mol. The number of nitrogens with zero attached hydrogens (tertiary/aromatic N) is 3. The summed E-state index contributed by atoms with van der Waals surface area (Å²) in [6.07, 6.45) is 4.78. The summed E-state index contributed by atoms with van der Waals surface area (Å²) in [5.41, 5.74) is 4.49. The third-order valence-electron chi connectivity index (χ3n) is 5.64. The van der Waals surface area contributed by atoms with Gasteiger partial charge in [0.25, 0.3) is 0 Å². The van der Waals surface area contributed by atoms with Gasteiger partial charge in [0, 0.05) is 43.6 Å². The van der Waals surface area contributed by atoms with E-state index in [1.54, 1.807) is 6.20 Å². The highest BCUT2D eigenvalue weighted by molar-refractivity contribution is 5.79. The van der Waals surface area contributed by atoms with Crippen LogP contribution in [0.1, 0.15) is 30.0 Å². The maximum atomic E-state index is 6.18. The molecule has 33 heavy (non-hydrogen) atoms. The van der Waals surface area contributed by atoms with E-state index in [1.807, 2.05) is 16.9 Å². The van der Waals surface area contributed by atoms with Crippen molar-refractivity contribution in [3.05, 3.63) is 77.6 Å². The summed E-state index contributed by atoms with van der Waals surface area (Å²) in [7, 11) is 0. The number of rotatable bonds is 9. The number of benzene rings is 2. The lowest BCUT2D eigenvalue weighted by molar-refractivity contribution is 0.166. The van der Waals surface area contributed by atoms with Crippen LogP contribution in [-0.2, 0) is 17.8 Å². The molecule has 2 aromatic carbocycles. The predicted octanol–water partition coefficient (Wildman–Crippen LogP) is 3.85. The van der Waals surface area contributed by atoms with Gasteiger partial charge < -0.3 is 20.1 Å². The average molecular weight is 448 g/mol. The summed E-state index contributed by atoms with van der Waals surface area (Å²) in [5, 5.41) is 11.0. The van der Waals surface area contributed by atoms with Gasteiger partial charge in [-0.25, -0.2) is 9.67 Å². The van der Waals surface area contributed by atoms with Crippen LogP contribution in [0.4, 0.5) is 0 Å². The van der Waals surface area contributed by atoms with E-state index in [0.717, 1.165) is 54.7 Å². The Hall–Kier alpha value is -3.32. The van der Waals surface area contributed by atoms with E-state index in [0.29, 0.717) is 25.6 Å². The fraction of sp³-hybridized carbons (Fsp3) is 0.385. The van der Waals surface area contributed by atoms with Crippen molar-refractivity contribution in [2.75, 3.05) is 26.4 Å². The zero-order chi connectivity index (χ0) is 22.9. The molecule has 174 valence electrons. The number of hydrogen-bond acceptors (Lipinski definition) is 4. The maximum Gasteiger partial charge on any atom is 0.191 e. The molecular formula is C26H33N5O2. The van der Waals surface area contributed by atoms with Crippen molar-refractivity contribution in [3.63, 3.8) is 0 Å². The third-order valence-corrected chi connectivity index (χ3v) is 5.64. The molecule has 1 saturated heterocycles. The Morgan fingerprint density at radius 1 is 1.21 bits per heavy atom. The quantitative estimate of drug-likeness (QED) is 0.385. The van der Waals surface area contributed by atoms with E-state index in [-0.39, 0.29) is 0 Å². The first-order chi connectivity index (χ1) is 16.2. The first kappa shape index (κ1) is 22.9. The molecule has 1 aliphatic rings. The first-order valence-electron chi connectivity index (χ1n) is 11.6. The van der Waals surface area contributed by atoms with Crippen LogP contribution in [0, 0.1) is 12.8 Å². The Morgan fingerprint density at radius 3 is 2.82 bits per heavy atom. The van der Waals surface area contributed by atoms with Gasteiger partial charge >= 0.3 is 0 Å². The molecular weight excluding hydrogens is 414 g/mol. The number of nitrogens with one attached hydrogen (secondary N) is 2. The zero-order valence-electron chi connectivity index (χ0n) is 19.5. The SMILES string of the molecule is CCNC(=NCc1ccc(-n2cccn2)cc1)NCc1ccc(C)cc1OCC1CCOC1. The Bertz CT molecular complexity index is 1030. The van der Waals surface area contributed by atoms with E-state index in [1.165, 1.54) is 5.56 Å². The number of hydrogen-bond donors (Lipinski definition) is 2. The number of guanidine groups is 1. The lowest BCUT2D eigenvalue weighted by Gasteiger charge is -2.17. The lowest BCUT2D eigenvalue weighted by Crippen LogP contribution is -2.36. The molecule has 7 heteroatoms. The Morgan fingerprint density at radius 2 is 2.09 bits per heavy atom. The van der Waals surface area contributed by atoms with Crippen LogP contribution in [0.15, 0.2) is 65.9 Å². The van der Waals surface area contributed by atoms with Gasteiger partial charge in [0.05, 0.1) is 25.4 Å². The minimum absolute atomic E-state index is 0.477. The second-order valence-electron chi connectivity index (χ2n) is 8.32. The molecule has 3 aromatic rings. The third kappa shape index (κ3) is 6.58. The van der Waals surface area contributed by atoms with Crippen molar-refractivity contribution in [1.82, 2.24) is 20.4 Å². The van der Waals surface area contributed by atoms with Gasteiger partial charge in [0.1, 0.15) is 5.75 Å². The second kappa shape index (κ2) is 11.5. The number of ether oxygens (including phenoxy) is 2. The molecule has 7 nitrogen and oxygen atoms in total. The summed E-state index contributed by atoms with van der Waals surface area (Å²) >= 11 is 0. The number of aromatic nitrogens is 2. The summed E-state index contributed by atoms with van der Waals surface area (Å²) in [6.45, 7) is 8.51. The molecule has 0 amide bonds. The van der Waals surface area contributed by atoms with Gasteiger partial charge in [0.2, 0.25) is 0 Å². The Kier molecular flexibility index (Phi) is 7.98. The fourth-order valence-electron chi connectivity index (χ4n) is 3.73. The molecule has 0 bridgehead atoms. The Labute approximate surface area is 195 Å². The van der Waals surface area contributed by atoms with Crippen molar-refractivity contribution in [2.24, 2.45) is 10.9 Å². The number of aryl methyl sites for hydroxylation is 1. The molecule has 1 fully saturated rings. The second-order valence-corrected chi connectivity index (χ2v) is 8.32. The minimum atomic E-state index is 0.477. The highest BCUT2D eigenvalue weighted by Crippen LogP contribution is 2.22. The average Bonchev–Trinajstić information content (AvgIpc) is 3.55. The van der Waals surface area contributed by atoms with Gasteiger partial charge in [-0.2, -0.15) is 5.10 Å². The predicted molar refractivity (Wildman–Crippen MR) is 131 cm³/mol. The molecule has 2 heterocycles. The highest BCUT2D eigenvalue weighted by atomic mass is 16.5. The van der Waals surface area contributed by atoms with Gasteiger partial charge in [-0.15, -0.1) is 0 Å². The molecule has 0 saturated carbocycles. The molecule has 0 aliphatic carbocycles. The van der Waals surface area contributed by atoms with Crippen molar-refractivity contribution in [3.8, 4) is 11.4 Å². The molecule has 0 spiro atoms. The van der Waals surface area contributed by atoms with Crippen molar-refractivity contribution in [1.29, 1.82) is 0 Å². The summed E-state index contributed by atoms with van der Waals surface area (Å²) in [4.78, 5) is 4.76. The summed E-state index contributed by atoms with van der Waals surface area (Å²) in [6, 6.07) is 16.6. The lowest BCUT2D eigenvalue weighted by atomic mass is 10.1. The van der Waals surface area contributed by atoms with Crippen LogP contribution < -0.4 is 15.4 Å². The van der Waals surface area contributed by atoms with E-state index in [9.17, 15) is 0 Å². The van der Waals surface area contributed by atoms with Crippen molar-refractivity contribution in [2.45, 2.75) is 33.4 Å². The molecule has 1 aliphatic heterocycles. The maximum absolute atomic E-state index is 6.18. The van der Waals surface area contributed by atoms with Crippen molar-refractivity contribution >= 4 is 5.96 Å². The van der Waals surface area contributed by atoms with Crippen LogP contribution >= 0.6 is 0 Å². The normalized spacial score (nSPS) is 16.1. The fourth-order valence-corrected chi connectivity index (χ4v) is 3.73. The summed E-state index contributed by atoms with van der Waals surface area (Å²) in [5.74, 6) is 2.19. The zero-order valence-corrected chi connectivity index (χ0v) is 19.5. The molecule has 1 unspecified atom stereocenters. The van der Waals surface area contributed by atoms with Gasteiger partial charge in [-0.1, -0.05) is 24.3 Å². The molecule has 1 atom stereocenters.